The number of aliphatic carboxylic acids is 1. The lowest BCUT2D eigenvalue weighted by molar-refractivity contribution is -0.155. The highest BCUT2D eigenvalue weighted by Crippen LogP contribution is 2.32. The summed E-state index contributed by atoms with van der Waals surface area (Å²) in [5.41, 5.74) is 7.33. The molecule has 0 aliphatic carbocycles. The number of hydrogen-bond acceptors (Lipinski definition) is 8. The fourth-order valence-electron chi connectivity index (χ4n) is 4.62. The van der Waals surface area contributed by atoms with E-state index in [2.05, 4.69) is 34.3 Å². The van der Waals surface area contributed by atoms with Gasteiger partial charge in [0.05, 0.1) is 36.3 Å². The number of nitrogens with zero attached hydrogens (tertiary/aromatic N) is 2. The van der Waals surface area contributed by atoms with Crippen LogP contribution < -0.4 is 16.4 Å². The molecule has 12 nitrogen and oxygen atoms in total. The number of unbranched alkanes of at least 4 members (excludes halogenated alkanes) is 2. The van der Waals surface area contributed by atoms with Crippen molar-refractivity contribution in [3.63, 3.8) is 0 Å². The molecule has 0 bridgehead atoms. The minimum atomic E-state index is -0.826. The minimum Gasteiger partial charge on any atom is -0.481 e. The van der Waals surface area contributed by atoms with Crippen LogP contribution in [0.5, 0.6) is 0 Å². The van der Waals surface area contributed by atoms with Gasteiger partial charge in [0, 0.05) is 31.2 Å². The second-order valence-electron chi connectivity index (χ2n) is 12.6. The number of aromatic nitrogens is 2. The molecule has 248 valence electrons. The van der Waals surface area contributed by atoms with E-state index in [4.69, 9.17) is 20.6 Å². The van der Waals surface area contributed by atoms with Crippen molar-refractivity contribution in [2.24, 2.45) is 0 Å². The van der Waals surface area contributed by atoms with Gasteiger partial charge in [0.25, 0.3) is 0 Å². The maximum absolute atomic E-state index is 11.5. The number of ether oxygens (including phenoxy) is 1. The molecular formula is C33H49N5O7. The SMILES string of the molecule is CC(C)(C)OC(=O)CCC(=O)NCC(=O)NCCCCCC(=O)O.CCc1nc2c(N)cc3ccccc3c2n1CC(C)(C)O. The summed E-state index contributed by atoms with van der Waals surface area (Å²) < 4.78 is 7.18. The Hall–Kier alpha value is -4.19. The van der Waals surface area contributed by atoms with Crippen LogP contribution in [0.2, 0.25) is 0 Å². The number of carboxylic acids is 1. The molecule has 0 saturated carbocycles. The number of amides is 2. The van der Waals surface area contributed by atoms with E-state index in [1.165, 1.54) is 0 Å². The zero-order valence-corrected chi connectivity index (χ0v) is 27.4. The van der Waals surface area contributed by atoms with Crippen molar-refractivity contribution in [3.05, 3.63) is 36.2 Å². The lowest BCUT2D eigenvalue weighted by atomic mass is 10.1. The monoisotopic (exact) mass is 627 g/mol. The number of benzene rings is 2. The number of rotatable bonds is 14. The molecule has 2 aromatic carbocycles. The number of esters is 1. The van der Waals surface area contributed by atoms with Gasteiger partial charge in [-0.3, -0.25) is 19.2 Å². The van der Waals surface area contributed by atoms with E-state index in [-0.39, 0.29) is 31.7 Å². The van der Waals surface area contributed by atoms with Gasteiger partial charge in [0.1, 0.15) is 16.9 Å². The molecule has 0 saturated heterocycles. The first-order valence-corrected chi connectivity index (χ1v) is 15.4. The van der Waals surface area contributed by atoms with Gasteiger partial charge in [-0.05, 0) is 58.9 Å². The number of aryl methyl sites for hydroxylation is 1. The standard InChI is InChI=1S/C17H21N3O.C16H28N2O6/c1-4-14-19-15-13(18)9-11-7-5-6-8-12(11)16(15)20(14)10-17(2,3)21;1-16(2,3)24-15(23)9-8-12(19)18-11-13(20)17-10-6-4-5-7-14(21)22/h5-9,21H,4,10,18H2,1-3H3;4-11H2,1-3H3,(H,17,20)(H,18,19)(H,21,22). The van der Waals surface area contributed by atoms with Gasteiger partial charge in [-0.1, -0.05) is 37.6 Å². The van der Waals surface area contributed by atoms with Gasteiger partial charge < -0.3 is 35.9 Å². The second-order valence-corrected chi connectivity index (χ2v) is 12.6. The summed E-state index contributed by atoms with van der Waals surface area (Å²) >= 11 is 0. The zero-order valence-electron chi connectivity index (χ0n) is 27.4. The van der Waals surface area contributed by atoms with E-state index in [0.29, 0.717) is 31.6 Å². The molecule has 1 aromatic heterocycles. The normalized spacial score (nSPS) is 11.5. The molecule has 3 aromatic rings. The van der Waals surface area contributed by atoms with Crippen LogP contribution in [0.4, 0.5) is 5.69 Å². The summed E-state index contributed by atoms with van der Waals surface area (Å²) in [5, 5.41) is 26.0. The van der Waals surface area contributed by atoms with Crippen molar-refractivity contribution in [2.45, 2.75) is 104 Å². The Balaban J connectivity index is 0.000000315. The molecule has 0 fully saturated rings. The van der Waals surface area contributed by atoms with Crippen LogP contribution in [0.15, 0.2) is 30.3 Å². The van der Waals surface area contributed by atoms with E-state index in [0.717, 1.165) is 40.5 Å². The molecule has 0 spiro atoms. The van der Waals surface area contributed by atoms with Crippen LogP contribution in [0.25, 0.3) is 21.8 Å². The molecule has 3 rings (SSSR count). The quantitative estimate of drug-likeness (QED) is 0.0997. The first kappa shape index (κ1) is 37.0. The first-order chi connectivity index (χ1) is 21.0. The van der Waals surface area contributed by atoms with E-state index in [1.807, 2.05) is 32.0 Å². The molecule has 0 aliphatic heterocycles. The number of anilines is 1. The van der Waals surface area contributed by atoms with Gasteiger partial charge in [0.2, 0.25) is 11.8 Å². The summed E-state index contributed by atoms with van der Waals surface area (Å²) in [7, 11) is 0. The van der Waals surface area contributed by atoms with Crippen molar-refractivity contribution in [2.75, 3.05) is 18.8 Å². The van der Waals surface area contributed by atoms with Gasteiger partial charge in [-0.2, -0.15) is 0 Å². The maximum atomic E-state index is 11.5. The lowest BCUT2D eigenvalue weighted by Crippen LogP contribution is -2.37. The summed E-state index contributed by atoms with van der Waals surface area (Å²) in [6.07, 6.45) is 2.85. The van der Waals surface area contributed by atoms with Crippen LogP contribution in [-0.4, -0.2) is 67.8 Å². The molecular weight excluding hydrogens is 578 g/mol. The van der Waals surface area contributed by atoms with Crippen molar-refractivity contribution >= 4 is 51.2 Å². The lowest BCUT2D eigenvalue weighted by Gasteiger charge is -2.20. The van der Waals surface area contributed by atoms with Crippen molar-refractivity contribution < 1.29 is 34.1 Å². The Bertz CT molecular complexity index is 1470. The minimum absolute atomic E-state index is 0.0304. The van der Waals surface area contributed by atoms with Crippen LogP contribution in [0, 0.1) is 0 Å². The molecule has 0 atom stereocenters. The van der Waals surface area contributed by atoms with E-state index < -0.39 is 29.0 Å². The predicted octanol–water partition coefficient (Wildman–Crippen LogP) is 4.09. The Morgan fingerprint density at radius 3 is 2.27 bits per heavy atom. The summed E-state index contributed by atoms with van der Waals surface area (Å²) in [4.78, 5) is 49.5. The van der Waals surface area contributed by atoms with Crippen molar-refractivity contribution in [1.29, 1.82) is 0 Å². The topological polar surface area (TPSA) is 186 Å². The summed E-state index contributed by atoms with van der Waals surface area (Å²) in [5.74, 6) is -1.04. The highest BCUT2D eigenvalue weighted by molar-refractivity contribution is 6.09. The Labute approximate surface area is 264 Å². The number of nitrogens with one attached hydrogen (secondary N) is 2. The maximum Gasteiger partial charge on any atom is 0.306 e. The number of aliphatic hydroxyl groups is 1. The molecule has 1 heterocycles. The van der Waals surface area contributed by atoms with Crippen LogP contribution >= 0.6 is 0 Å². The van der Waals surface area contributed by atoms with Gasteiger partial charge in [-0.15, -0.1) is 0 Å². The predicted molar refractivity (Wildman–Crippen MR) is 175 cm³/mol. The molecule has 12 heteroatoms. The summed E-state index contributed by atoms with van der Waals surface area (Å²) in [6.45, 7) is 11.7. The van der Waals surface area contributed by atoms with Crippen molar-refractivity contribution in [1.82, 2.24) is 20.2 Å². The number of nitrogens with two attached hydrogens (primary N) is 1. The fourth-order valence-corrected chi connectivity index (χ4v) is 4.62. The van der Waals surface area contributed by atoms with Gasteiger partial charge in [0.15, 0.2) is 0 Å². The fraction of sp³-hybridized carbons (Fsp3) is 0.545. The molecule has 6 N–H and O–H groups in total. The number of imidazole rings is 1. The number of hydrogen-bond donors (Lipinski definition) is 5. The Morgan fingerprint density at radius 2 is 1.64 bits per heavy atom. The van der Waals surface area contributed by atoms with E-state index >= 15 is 0 Å². The molecule has 0 unspecified atom stereocenters. The third-order valence-corrected chi connectivity index (χ3v) is 6.52. The number of nitrogen functional groups attached to an aromatic ring is 1. The number of carboxylic acid groups (broad SMARTS) is 1. The van der Waals surface area contributed by atoms with E-state index in [1.54, 1.807) is 20.8 Å². The highest BCUT2D eigenvalue weighted by atomic mass is 16.6. The third kappa shape index (κ3) is 13.1. The number of fused-ring (bicyclic) bond motifs is 3. The summed E-state index contributed by atoms with van der Waals surface area (Å²) in [6, 6.07) is 10.1. The van der Waals surface area contributed by atoms with Crippen LogP contribution in [0.3, 0.4) is 0 Å². The average molecular weight is 628 g/mol. The van der Waals surface area contributed by atoms with Gasteiger partial charge >= 0.3 is 11.9 Å². The van der Waals surface area contributed by atoms with E-state index in [9.17, 15) is 24.3 Å². The highest BCUT2D eigenvalue weighted by Gasteiger charge is 2.21. The Morgan fingerprint density at radius 1 is 0.956 bits per heavy atom. The average Bonchev–Trinajstić information content (AvgIpc) is 3.29. The van der Waals surface area contributed by atoms with Crippen LogP contribution in [-0.2, 0) is 36.9 Å². The smallest absolute Gasteiger partial charge is 0.306 e. The number of carbonyl (C=O) groups excluding carboxylic acids is 3. The largest absolute Gasteiger partial charge is 0.481 e. The second kappa shape index (κ2) is 16.8. The van der Waals surface area contributed by atoms with Gasteiger partial charge in [-0.25, -0.2) is 4.98 Å². The molecule has 0 aliphatic rings. The van der Waals surface area contributed by atoms with Crippen LogP contribution in [0.1, 0.15) is 85.9 Å². The molecule has 2 amide bonds. The number of carbonyl (C=O) groups is 4. The van der Waals surface area contributed by atoms with Crippen molar-refractivity contribution in [3.8, 4) is 0 Å². The zero-order chi connectivity index (χ0) is 33.8. The molecule has 0 radical (unpaired) electrons. The third-order valence-electron chi connectivity index (χ3n) is 6.52. The first-order valence-electron chi connectivity index (χ1n) is 15.4. The Kier molecular flexibility index (Phi) is 13.8. The molecule has 45 heavy (non-hydrogen) atoms.